The van der Waals surface area contributed by atoms with E-state index in [1.54, 1.807) is 47.5 Å². The van der Waals surface area contributed by atoms with E-state index in [1.165, 1.54) is 6.33 Å². The molecule has 0 atom stereocenters. The minimum atomic E-state index is -0.179. The summed E-state index contributed by atoms with van der Waals surface area (Å²) in [6.45, 7) is 0.950. The molecule has 0 unspecified atom stereocenters. The van der Waals surface area contributed by atoms with E-state index in [4.69, 9.17) is 0 Å². The normalized spacial score (nSPS) is 13.9. The Morgan fingerprint density at radius 3 is 2.73 bits per heavy atom. The predicted molar refractivity (Wildman–Crippen MR) is 93.2 cm³/mol. The lowest BCUT2D eigenvalue weighted by Gasteiger charge is -2.39. The van der Waals surface area contributed by atoms with Gasteiger partial charge in [-0.15, -0.1) is 0 Å². The third kappa shape index (κ3) is 3.16. The van der Waals surface area contributed by atoms with Crippen LogP contribution in [0.4, 0.5) is 0 Å². The topological polar surface area (TPSA) is 104 Å². The number of nitrogens with zero attached hydrogens (tertiary/aromatic N) is 4. The van der Waals surface area contributed by atoms with E-state index in [0.717, 1.165) is 5.56 Å². The predicted octanol–water partition coefficient (Wildman–Crippen LogP) is 1.12. The van der Waals surface area contributed by atoms with Crippen molar-refractivity contribution >= 4 is 11.8 Å². The molecule has 3 aromatic rings. The Labute approximate surface area is 149 Å². The van der Waals surface area contributed by atoms with Crippen molar-refractivity contribution in [3.63, 3.8) is 0 Å². The van der Waals surface area contributed by atoms with Gasteiger partial charge >= 0.3 is 0 Å². The first-order valence-electron chi connectivity index (χ1n) is 8.17. The largest absolute Gasteiger partial charge is 0.346 e. The molecule has 3 heterocycles. The summed E-state index contributed by atoms with van der Waals surface area (Å²) in [5.74, 6) is 0.306. The summed E-state index contributed by atoms with van der Waals surface area (Å²) in [6.07, 6.45) is 3.01. The third-order valence-electron chi connectivity index (χ3n) is 4.20. The number of benzene rings is 1. The number of pyridine rings is 1. The van der Waals surface area contributed by atoms with Gasteiger partial charge < -0.3 is 10.2 Å². The smallest absolute Gasteiger partial charge is 0.272 e. The molecule has 1 aliphatic rings. The van der Waals surface area contributed by atoms with Crippen LogP contribution in [0.5, 0.6) is 0 Å². The quantitative estimate of drug-likeness (QED) is 0.735. The second-order valence-electron chi connectivity index (χ2n) is 6.01. The molecule has 8 heteroatoms. The van der Waals surface area contributed by atoms with Crippen LogP contribution in [0.1, 0.15) is 20.8 Å². The molecular weight excluding hydrogens is 332 g/mol. The molecule has 2 amide bonds. The van der Waals surface area contributed by atoms with E-state index >= 15 is 0 Å². The molecule has 2 N–H and O–H groups in total. The molecule has 1 aromatic carbocycles. The van der Waals surface area contributed by atoms with Gasteiger partial charge in [-0.05, 0) is 24.3 Å². The molecule has 26 heavy (non-hydrogen) atoms. The average Bonchev–Trinajstić information content (AvgIpc) is 3.19. The number of nitrogens with one attached hydrogen (secondary N) is 2. The number of likely N-dealkylation sites (tertiary alicyclic amines) is 1. The monoisotopic (exact) mass is 348 g/mol. The molecule has 8 nitrogen and oxygen atoms in total. The summed E-state index contributed by atoms with van der Waals surface area (Å²) in [5, 5.41) is 9.53. The van der Waals surface area contributed by atoms with E-state index in [1.807, 2.05) is 6.07 Å². The zero-order valence-corrected chi connectivity index (χ0v) is 13.8. The van der Waals surface area contributed by atoms with Crippen LogP contribution >= 0.6 is 0 Å². The van der Waals surface area contributed by atoms with Crippen LogP contribution in [-0.2, 0) is 0 Å². The number of H-pyrrole nitrogens is 1. The van der Waals surface area contributed by atoms with Gasteiger partial charge in [0.15, 0.2) is 5.82 Å². The van der Waals surface area contributed by atoms with Gasteiger partial charge in [0, 0.05) is 30.4 Å². The molecule has 4 rings (SSSR count). The van der Waals surface area contributed by atoms with Crippen molar-refractivity contribution in [1.82, 2.24) is 30.4 Å². The van der Waals surface area contributed by atoms with Gasteiger partial charge in [0.25, 0.3) is 11.8 Å². The van der Waals surface area contributed by atoms with Gasteiger partial charge in [0.2, 0.25) is 0 Å². The fourth-order valence-corrected chi connectivity index (χ4v) is 2.81. The number of rotatable bonds is 4. The van der Waals surface area contributed by atoms with Crippen molar-refractivity contribution in [3.8, 4) is 11.4 Å². The summed E-state index contributed by atoms with van der Waals surface area (Å²) in [6, 6.07) is 12.3. The van der Waals surface area contributed by atoms with Gasteiger partial charge in [-0.25, -0.2) is 4.98 Å². The van der Waals surface area contributed by atoms with Gasteiger partial charge in [-0.1, -0.05) is 18.2 Å². The Hall–Kier alpha value is -3.55. The van der Waals surface area contributed by atoms with E-state index in [-0.39, 0.29) is 17.9 Å². The minimum Gasteiger partial charge on any atom is -0.346 e. The summed E-state index contributed by atoms with van der Waals surface area (Å²) in [5.41, 5.74) is 1.74. The van der Waals surface area contributed by atoms with Crippen molar-refractivity contribution in [2.45, 2.75) is 6.04 Å². The maximum Gasteiger partial charge on any atom is 0.272 e. The fraction of sp³-hybridized carbons (Fsp3) is 0.167. The van der Waals surface area contributed by atoms with Crippen LogP contribution in [0, 0.1) is 0 Å². The standard InChI is InChI=1S/C18H16N6O2/c25-17(13-5-3-4-12(8-13)16-20-11-21-23-16)22-14-9-24(10-14)18(26)15-6-1-2-7-19-15/h1-8,11,14H,9-10H2,(H,22,25)(H,20,21,23). The van der Waals surface area contributed by atoms with E-state index in [9.17, 15) is 9.59 Å². The first-order valence-corrected chi connectivity index (χ1v) is 8.17. The summed E-state index contributed by atoms with van der Waals surface area (Å²) in [4.78, 5) is 34.5. The highest BCUT2D eigenvalue weighted by atomic mass is 16.2. The van der Waals surface area contributed by atoms with E-state index in [2.05, 4.69) is 25.5 Å². The second kappa shape index (κ2) is 6.75. The second-order valence-corrected chi connectivity index (χ2v) is 6.01. The van der Waals surface area contributed by atoms with Crippen molar-refractivity contribution in [2.24, 2.45) is 0 Å². The number of amides is 2. The molecule has 130 valence electrons. The molecule has 0 spiro atoms. The number of aromatic nitrogens is 4. The Morgan fingerprint density at radius 1 is 1.12 bits per heavy atom. The van der Waals surface area contributed by atoms with Crippen LogP contribution in [-0.4, -0.2) is 56.0 Å². The average molecular weight is 348 g/mol. The highest BCUT2D eigenvalue weighted by Crippen LogP contribution is 2.17. The lowest BCUT2D eigenvalue weighted by atomic mass is 10.1. The SMILES string of the molecule is O=C(NC1CN(C(=O)c2ccccn2)C1)c1cccc(-c2ncn[nH]2)c1. The molecule has 1 aliphatic heterocycles. The number of hydrogen-bond donors (Lipinski definition) is 2. The van der Waals surface area contributed by atoms with Crippen LogP contribution in [0.3, 0.4) is 0 Å². The number of hydrogen-bond acceptors (Lipinski definition) is 5. The molecule has 0 aliphatic carbocycles. The van der Waals surface area contributed by atoms with Crippen molar-refractivity contribution in [1.29, 1.82) is 0 Å². The maximum absolute atomic E-state index is 12.4. The number of carbonyl (C=O) groups is 2. The Kier molecular flexibility index (Phi) is 4.14. The van der Waals surface area contributed by atoms with E-state index in [0.29, 0.717) is 30.2 Å². The molecule has 0 bridgehead atoms. The van der Waals surface area contributed by atoms with Crippen LogP contribution in [0.15, 0.2) is 55.0 Å². The Balaban J connectivity index is 1.35. The third-order valence-corrected chi connectivity index (χ3v) is 4.20. The Bertz CT molecular complexity index is 920. The fourth-order valence-electron chi connectivity index (χ4n) is 2.81. The van der Waals surface area contributed by atoms with E-state index < -0.39 is 0 Å². The van der Waals surface area contributed by atoms with Crippen LogP contribution in [0.25, 0.3) is 11.4 Å². The molecule has 1 saturated heterocycles. The molecule has 1 fully saturated rings. The van der Waals surface area contributed by atoms with Gasteiger partial charge in [0.05, 0.1) is 6.04 Å². The van der Waals surface area contributed by atoms with Gasteiger partial charge in [-0.2, -0.15) is 5.10 Å². The highest BCUT2D eigenvalue weighted by molar-refractivity contribution is 5.96. The minimum absolute atomic E-state index is 0.0657. The highest BCUT2D eigenvalue weighted by Gasteiger charge is 2.32. The molecular formula is C18H16N6O2. The van der Waals surface area contributed by atoms with Crippen molar-refractivity contribution < 1.29 is 9.59 Å². The lowest BCUT2D eigenvalue weighted by molar-refractivity contribution is 0.0537. The summed E-state index contributed by atoms with van der Waals surface area (Å²) in [7, 11) is 0. The summed E-state index contributed by atoms with van der Waals surface area (Å²) >= 11 is 0. The number of carbonyl (C=O) groups excluding carboxylic acids is 2. The summed E-state index contributed by atoms with van der Waals surface area (Å²) < 4.78 is 0. The zero-order valence-electron chi connectivity index (χ0n) is 13.8. The van der Waals surface area contributed by atoms with Crippen LogP contribution < -0.4 is 5.32 Å². The van der Waals surface area contributed by atoms with Gasteiger partial charge in [0.1, 0.15) is 12.0 Å². The first kappa shape index (κ1) is 15.9. The van der Waals surface area contributed by atoms with Crippen molar-refractivity contribution in [3.05, 3.63) is 66.2 Å². The van der Waals surface area contributed by atoms with Gasteiger partial charge in [-0.3, -0.25) is 19.7 Å². The zero-order chi connectivity index (χ0) is 17.9. The maximum atomic E-state index is 12.4. The molecule has 2 aromatic heterocycles. The molecule has 0 saturated carbocycles. The lowest BCUT2D eigenvalue weighted by Crippen LogP contribution is -2.61. The van der Waals surface area contributed by atoms with Crippen LogP contribution in [0.2, 0.25) is 0 Å². The van der Waals surface area contributed by atoms with Crippen molar-refractivity contribution in [2.75, 3.05) is 13.1 Å². The molecule has 0 radical (unpaired) electrons. The number of aromatic amines is 1. The first-order chi connectivity index (χ1) is 12.7. The Morgan fingerprint density at radius 2 is 2.00 bits per heavy atom.